The highest BCUT2D eigenvalue weighted by atomic mass is 79.9. The zero-order valence-corrected chi connectivity index (χ0v) is 23.2. The van der Waals surface area contributed by atoms with Gasteiger partial charge >= 0.3 is 12.1 Å². The van der Waals surface area contributed by atoms with Crippen molar-refractivity contribution in [3.8, 4) is 11.1 Å². The fourth-order valence-electron chi connectivity index (χ4n) is 6.95. The van der Waals surface area contributed by atoms with Crippen molar-refractivity contribution in [1.29, 1.82) is 0 Å². The number of piperidine rings is 1. The Morgan fingerprint density at radius 1 is 1.00 bits per heavy atom. The molecule has 1 amide bonds. The van der Waals surface area contributed by atoms with Crippen LogP contribution in [0.3, 0.4) is 0 Å². The van der Waals surface area contributed by atoms with Crippen LogP contribution in [0.1, 0.15) is 54.7 Å². The highest BCUT2D eigenvalue weighted by Crippen LogP contribution is 2.55. The summed E-state index contributed by atoms with van der Waals surface area (Å²) in [5.74, 6) is -0.974. The van der Waals surface area contributed by atoms with Gasteiger partial charge in [-0.1, -0.05) is 54.6 Å². The van der Waals surface area contributed by atoms with Crippen molar-refractivity contribution in [2.45, 2.75) is 43.6 Å². The number of hydrogen-bond acceptors (Lipinski definition) is 5. The highest BCUT2D eigenvalue weighted by Gasteiger charge is 2.52. The molecule has 3 aromatic rings. The number of halogens is 1. The van der Waals surface area contributed by atoms with E-state index in [4.69, 9.17) is 9.47 Å². The van der Waals surface area contributed by atoms with Crippen molar-refractivity contribution in [3.05, 3.63) is 88.2 Å². The predicted molar refractivity (Wildman–Crippen MR) is 149 cm³/mol. The molecule has 0 bridgehead atoms. The molecule has 2 heterocycles. The summed E-state index contributed by atoms with van der Waals surface area (Å²) < 4.78 is 12.8. The normalized spacial score (nSPS) is 24.0. The van der Waals surface area contributed by atoms with Gasteiger partial charge in [0.1, 0.15) is 17.8 Å². The molecule has 1 saturated heterocycles. The van der Waals surface area contributed by atoms with Gasteiger partial charge in [0.15, 0.2) is 0 Å². The number of carbonyl (C=O) groups is 2. The van der Waals surface area contributed by atoms with E-state index in [0.717, 1.165) is 24.8 Å². The van der Waals surface area contributed by atoms with Gasteiger partial charge in [-0.05, 0) is 81.8 Å². The van der Waals surface area contributed by atoms with Crippen molar-refractivity contribution in [2.75, 3.05) is 26.3 Å². The van der Waals surface area contributed by atoms with E-state index in [1.165, 1.54) is 22.3 Å². The van der Waals surface area contributed by atoms with Gasteiger partial charge in [-0.2, -0.15) is 0 Å². The third-order valence-electron chi connectivity index (χ3n) is 8.70. The molecule has 1 saturated carbocycles. The summed E-state index contributed by atoms with van der Waals surface area (Å²) in [6.45, 7) is 1.15. The lowest BCUT2D eigenvalue weighted by Crippen LogP contribution is -2.46. The summed E-state index contributed by atoms with van der Waals surface area (Å²) in [6.07, 6.45) is 5.48. The molecule has 2 unspecified atom stereocenters. The van der Waals surface area contributed by atoms with Gasteiger partial charge in [-0.15, -0.1) is 0 Å². The van der Waals surface area contributed by atoms with Gasteiger partial charge in [-0.3, -0.25) is 0 Å². The van der Waals surface area contributed by atoms with Crippen LogP contribution in [-0.2, 0) is 19.9 Å². The quantitative estimate of drug-likeness (QED) is 0.336. The maximum absolute atomic E-state index is 13.4. The number of pyridine rings is 1. The lowest BCUT2D eigenvalue weighted by atomic mass is 9.76. The molecule has 1 spiro atoms. The van der Waals surface area contributed by atoms with Gasteiger partial charge in [0.25, 0.3) is 0 Å². The second kappa shape index (κ2) is 10.4. The van der Waals surface area contributed by atoms with E-state index in [9.17, 15) is 14.7 Å². The summed E-state index contributed by atoms with van der Waals surface area (Å²) in [7, 11) is 0. The molecule has 2 atom stereocenters. The highest BCUT2D eigenvalue weighted by molar-refractivity contribution is 9.10. The van der Waals surface area contributed by atoms with Crippen LogP contribution >= 0.6 is 15.9 Å². The van der Waals surface area contributed by atoms with Crippen LogP contribution in [0.15, 0.2) is 71.5 Å². The first-order chi connectivity index (χ1) is 18.9. The molecule has 1 N–H and O–H groups in total. The van der Waals surface area contributed by atoms with E-state index in [0.29, 0.717) is 37.1 Å². The molecular formula is C31H31BrN2O5. The number of amides is 1. The lowest BCUT2D eigenvalue weighted by Gasteiger charge is -2.41. The molecule has 7 nitrogen and oxygen atoms in total. The van der Waals surface area contributed by atoms with Crippen LogP contribution in [-0.4, -0.2) is 53.4 Å². The Morgan fingerprint density at radius 3 is 2.38 bits per heavy atom. The minimum atomic E-state index is -0.996. The summed E-state index contributed by atoms with van der Waals surface area (Å²) in [4.78, 5) is 31.0. The monoisotopic (exact) mass is 590 g/mol. The fourth-order valence-corrected chi connectivity index (χ4v) is 7.18. The molecule has 1 aliphatic heterocycles. The maximum Gasteiger partial charge on any atom is 0.409 e. The molecule has 2 aliphatic carbocycles. The summed E-state index contributed by atoms with van der Waals surface area (Å²) in [5.41, 5.74) is 4.78. The molecule has 39 heavy (non-hydrogen) atoms. The number of carboxylic acids is 1. The van der Waals surface area contributed by atoms with E-state index < -0.39 is 11.6 Å². The Bertz CT molecular complexity index is 1350. The Labute approximate surface area is 236 Å². The van der Waals surface area contributed by atoms with E-state index in [-0.39, 0.29) is 24.0 Å². The first-order valence-electron chi connectivity index (χ1n) is 13.5. The minimum absolute atomic E-state index is 0.0218. The first-order valence-corrected chi connectivity index (χ1v) is 14.3. The predicted octanol–water partition coefficient (Wildman–Crippen LogP) is 6.36. The first kappa shape index (κ1) is 26.0. The Morgan fingerprint density at radius 2 is 1.72 bits per heavy atom. The Hall–Kier alpha value is -3.23. The van der Waals surface area contributed by atoms with Crippen LogP contribution in [0.2, 0.25) is 0 Å². The number of carbonyl (C=O) groups excluding carboxylic acids is 1. The smallest absolute Gasteiger partial charge is 0.409 e. The van der Waals surface area contributed by atoms with Crippen LogP contribution in [0.25, 0.3) is 11.1 Å². The third-order valence-corrected chi connectivity index (χ3v) is 9.17. The molecule has 2 fully saturated rings. The van der Waals surface area contributed by atoms with E-state index in [1.807, 2.05) is 41.3 Å². The second-order valence-electron chi connectivity index (χ2n) is 11.1. The van der Waals surface area contributed by atoms with Crippen molar-refractivity contribution in [2.24, 2.45) is 5.41 Å². The van der Waals surface area contributed by atoms with Gasteiger partial charge in [0.2, 0.25) is 0 Å². The molecular weight excluding hydrogens is 560 g/mol. The number of aliphatic carboxylic acids is 1. The summed E-state index contributed by atoms with van der Waals surface area (Å²) >= 11 is 3.38. The van der Waals surface area contributed by atoms with Gasteiger partial charge < -0.3 is 19.5 Å². The second-order valence-corrected chi connectivity index (χ2v) is 11.9. The van der Waals surface area contributed by atoms with Crippen LogP contribution in [0, 0.1) is 5.41 Å². The summed E-state index contributed by atoms with van der Waals surface area (Å²) in [6, 6.07) is 20.5. The standard InChI is InChI=1S/C31H31BrN2O5/c32-27-11-10-21(16-33-27)31(39-18-28(35)36)14-13-30(19-31)12-5-15-34(20-30)29(37)38-17-26-24-8-3-1-6-22(24)23-7-2-4-9-25(23)26/h1-4,6-11,16,26H,5,12-15,17-20H2,(H,35,36). The number of likely N-dealkylation sites (tertiary alicyclic amines) is 1. The number of rotatable bonds is 6. The zero-order valence-electron chi connectivity index (χ0n) is 21.6. The van der Waals surface area contributed by atoms with Crippen molar-refractivity contribution in [3.63, 3.8) is 0 Å². The van der Waals surface area contributed by atoms with Gasteiger partial charge in [0.05, 0.1) is 5.60 Å². The zero-order chi connectivity index (χ0) is 27.0. The number of aromatic nitrogens is 1. The maximum atomic E-state index is 13.4. The molecule has 3 aliphatic rings. The van der Waals surface area contributed by atoms with Crippen molar-refractivity contribution >= 4 is 28.0 Å². The van der Waals surface area contributed by atoms with Crippen molar-refractivity contribution in [1.82, 2.24) is 9.88 Å². The molecule has 6 rings (SSSR count). The minimum Gasteiger partial charge on any atom is -0.480 e. The van der Waals surface area contributed by atoms with E-state index >= 15 is 0 Å². The number of carboxylic acid groups (broad SMARTS) is 1. The average molecular weight is 592 g/mol. The molecule has 2 aromatic carbocycles. The number of nitrogens with zero attached hydrogens (tertiary/aromatic N) is 2. The largest absolute Gasteiger partial charge is 0.480 e. The van der Waals surface area contributed by atoms with Gasteiger partial charge in [-0.25, -0.2) is 14.6 Å². The van der Waals surface area contributed by atoms with Crippen molar-refractivity contribution < 1.29 is 24.2 Å². The van der Waals surface area contributed by atoms with Gasteiger partial charge in [0, 0.05) is 30.8 Å². The fraction of sp³-hybridized carbons (Fsp3) is 0.387. The lowest BCUT2D eigenvalue weighted by molar-refractivity contribution is -0.151. The number of benzene rings is 2. The molecule has 202 valence electrons. The molecule has 0 radical (unpaired) electrons. The molecule has 1 aromatic heterocycles. The summed E-state index contributed by atoms with van der Waals surface area (Å²) in [5, 5.41) is 9.35. The van der Waals surface area contributed by atoms with Crippen LogP contribution in [0.4, 0.5) is 4.79 Å². The molecule has 8 heteroatoms. The Balaban J connectivity index is 1.16. The Kier molecular flexibility index (Phi) is 6.93. The average Bonchev–Trinajstić information content (AvgIpc) is 3.47. The number of hydrogen-bond donors (Lipinski definition) is 1. The number of fused-ring (bicyclic) bond motifs is 3. The van der Waals surface area contributed by atoms with Crippen LogP contribution in [0.5, 0.6) is 0 Å². The van der Waals surface area contributed by atoms with Crippen LogP contribution < -0.4 is 0 Å². The van der Waals surface area contributed by atoms with E-state index in [1.54, 1.807) is 6.20 Å². The topological polar surface area (TPSA) is 89.0 Å². The SMILES string of the molecule is O=C(O)COC1(c2ccc(Br)nc2)CCC2(CCCN(C(=O)OCC3c4ccccc4-c4ccccc43)C2)C1. The third kappa shape index (κ3) is 4.96. The number of ether oxygens (including phenoxy) is 2. The van der Waals surface area contributed by atoms with E-state index in [2.05, 4.69) is 45.2 Å².